The standard InChI is InChI=1S/C26H27N2/c1-26(2)22-11-5-7-13-24(22)28-18-8-10-20(25(26)28)15-17-21-16-14-19-9-4-6-12-23(19)27(21)3/h4-7,9,11-17H,8,10,18H2,1-3H3/q+1. The number of pyridine rings is 1. The number of rotatable bonds is 2. The predicted octanol–water partition coefficient (Wildman–Crippen LogP) is 5.52. The van der Waals surface area contributed by atoms with Gasteiger partial charge in [-0.05, 0) is 42.2 Å². The molecule has 3 aromatic rings. The largest absolute Gasteiger partial charge is 0.344 e. The van der Waals surface area contributed by atoms with Gasteiger partial charge in [-0.25, -0.2) is 0 Å². The first-order chi connectivity index (χ1) is 13.6. The SMILES string of the molecule is C[n+]1c(/C=C/C2=C3N(CCC2)c2ccccc2C3(C)C)ccc2ccccc21. The van der Waals surface area contributed by atoms with Crippen molar-refractivity contribution in [3.8, 4) is 0 Å². The summed E-state index contributed by atoms with van der Waals surface area (Å²) in [6, 6.07) is 21.9. The van der Waals surface area contributed by atoms with Crippen molar-refractivity contribution in [2.75, 3.05) is 11.4 Å². The minimum absolute atomic E-state index is 0.0578. The van der Waals surface area contributed by atoms with Crippen LogP contribution in [0.2, 0.25) is 0 Å². The summed E-state index contributed by atoms with van der Waals surface area (Å²) in [5, 5.41) is 1.28. The molecule has 2 nitrogen and oxygen atoms in total. The van der Waals surface area contributed by atoms with Crippen LogP contribution in [0.15, 0.2) is 78.0 Å². The van der Waals surface area contributed by atoms with Crippen LogP contribution in [0, 0.1) is 0 Å². The number of benzene rings is 2. The Labute approximate surface area is 167 Å². The molecule has 2 aromatic carbocycles. The summed E-state index contributed by atoms with van der Waals surface area (Å²) in [6.07, 6.45) is 7.01. The van der Waals surface area contributed by atoms with Gasteiger partial charge in [0.2, 0.25) is 11.2 Å². The van der Waals surface area contributed by atoms with E-state index >= 15 is 0 Å². The molecule has 0 N–H and O–H groups in total. The zero-order valence-electron chi connectivity index (χ0n) is 16.9. The molecule has 28 heavy (non-hydrogen) atoms. The second kappa shape index (κ2) is 6.34. The van der Waals surface area contributed by atoms with E-state index in [4.69, 9.17) is 0 Å². The van der Waals surface area contributed by atoms with E-state index in [1.807, 2.05) is 0 Å². The lowest BCUT2D eigenvalue weighted by Gasteiger charge is -2.33. The van der Waals surface area contributed by atoms with Gasteiger partial charge in [0.1, 0.15) is 7.05 Å². The van der Waals surface area contributed by atoms with Crippen LogP contribution in [0.1, 0.15) is 37.9 Å². The first-order valence-electron chi connectivity index (χ1n) is 10.2. The number of anilines is 1. The van der Waals surface area contributed by atoms with Crippen molar-refractivity contribution >= 4 is 22.7 Å². The number of aromatic nitrogens is 1. The van der Waals surface area contributed by atoms with Crippen molar-refractivity contribution in [1.29, 1.82) is 0 Å². The van der Waals surface area contributed by atoms with Gasteiger partial charge in [-0.15, -0.1) is 0 Å². The van der Waals surface area contributed by atoms with E-state index in [-0.39, 0.29) is 5.41 Å². The summed E-state index contributed by atoms with van der Waals surface area (Å²) >= 11 is 0. The lowest BCUT2D eigenvalue weighted by atomic mass is 9.80. The van der Waals surface area contributed by atoms with Crippen LogP contribution in [0.3, 0.4) is 0 Å². The van der Waals surface area contributed by atoms with E-state index in [0.717, 1.165) is 13.0 Å². The smallest absolute Gasteiger partial charge is 0.212 e. The van der Waals surface area contributed by atoms with Crippen molar-refractivity contribution in [1.82, 2.24) is 0 Å². The van der Waals surface area contributed by atoms with Gasteiger partial charge in [0.05, 0.1) is 0 Å². The topological polar surface area (TPSA) is 7.12 Å². The highest BCUT2D eigenvalue weighted by Crippen LogP contribution is 2.50. The predicted molar refractivity (Wildman–Crippen MR) is 117 cm³/mol. The Bertz CT molecular complexity index is 1130. The fourth-order valence-corrected chi connectivity index (χ4v) is 5.05. The molecule has 0 saturated carbocycles. The summed E-state index contributed by atoms with van der Waals surface area (Å²) in [5.74, 6) is 0. The lowest BCUT2D eigenvalue weighted by molar-refractivity contribution is -0.646. The average Bonchev–Trinajstić information content (AvgIpc) is 2.96. The maximum atomic E-state index is 2.55. The molecule has 2 aliphatic rings. The summed E-state index contributed by atoms with van der Waals surface area (Å²) < 4.78 is 2.28. The Hall–Kier alpha value is -2.87. The van der Waals surface area contributed by atoms with Gasteiger partial charge in [-0.2, -0.15) is 4.57 Å². The lowest BCUT2D eigenvalue weighted by Crippen LogP contribution is -2.33. The normalized spacial score (nSPS) is 18.0. The van der Waals surface area contributed by atoms with E-state index in [2.05, 4.69) is 103 Å². The molecule has 140 valence electrons. The molecule has 0 spiro atoms. The van der Waals surface area contributed by atoms with Crippen LogP contribution >= 0.6 is 0 Å². The number of hydrogen-bond donors (Lipinski definition) is 0. The van der Waals surface area contributed by atoms with Crippen molar-refractivity contribution < 1.29 is 4.57 Å². The highest BCUT2D eigenvalue weighted by molar-refractivity contribution is 5.76. The van der Waals surface area contributed by atoms with Gasteiger partial charge in [-0.3, -0.25) is 0 Å². The van der Waals surface area contributed by atoms with Gasteiger partial charge in [0, 0.05) is 46.9 Å². The van der Waals surface area contributed by atoms with Crippen molar-refractivity contribution in [2.24, 2.45) is 7.05 Å². The molecule has 0 saturated heterocycles. The highest BCUT2D eigenvalue weighted by atomic mass is 15.2. The van der Waals surface area contributed by atoms with Crippen LogP contribution in [-0.2, 0) is 12.5 Å². The number of aryl methyl sites for hydroxylation is 1. The molecule has 0 atom stereocenters. The maximum absolute atomic E-state index is 2.55. The summed E-state index contributed by atoms with van der Waals surface area (Å²) in [5.41, 5.74) is 8.36. The summed E-state index contributed by atoms with van der Waals surface area (Å²) in [6.45, 7) is 5.86. The molecule has 0 unspecified atom stereocenters. The number of para-hydroxylation sites is 2. The third-order valence-electron chi connectivity index (χ3n) is 6.44. The van der Waals surface area contributed by atoms with Gasteiger partial charge < -0.3 is 4.90 Å². The minimum Gasteiger partial charge on any atom is -0.344 e. The van der Waals surface area contributed by atoms with E-state index in [1.54, 1.807) is 0 Å². The van der Waals surface area contributed by atoms with Crippen LogP contribution < -0.4 is 9.47 Å². The highest BCUT2D eigenvalue weighted by Gasteiger charge is 2.42. The third kappa shape index (κ3) is 2.51. The van der Waals surface area contributed by atoms with E-state index in [9.17, 15) is 0 Å². The Balaban J connectivity index is 1.60. The Morgan fingerprint density at radius 2 is 1.71 bits per heavy atom. The molecule has 2 heteroatoms. The van der Waals surface area contributed by atoms with E-state index in [1.165, 1.54) is 45.5 Å². The van der Waals surface area contributed by atoms with Gasteiger partial charge in [-0.1, -0.05) is 50.3 Å². The second-order valence-electron chi connectivity index (χ2n) is 8.48. The first kappa shape index (κ1) is 17.2. The summed E-state index contributed by atoms with van der Waals surface area (Å²) in [4.78, 5) is 2.55. The fourth-order valence-electron chi connectivity index (χ4n) is 5.05. The van der Waals surface area contributed by atoms with Crippen molar-refractivity contribution in [3.63, 3.8) is 0 Å². The number of fused-ring (bicyclic) bond motifs is 4. The fraction of sp³-hybridized carbons (Fsp3) is 0.269. The van der Waals surface area contributed by atoms with Crippen LogP contribution in [-0.4, -0.2) is 6.54 Å². The molecule has 2 aliphatic heterocycles. The molecule has 3 heterocycles. The Morgan fingerprint density at radius 3 is 2.61 bits per heavy atom. The molecule has 1 aromatic heterocycles. The quantitative estimate of drug-likeness (QED) is 0.541. The molecule has 0 radical (unpaired) electrons. The zero-order valence-corrected chi connectivity index (χ0v) is 16.9. The Kier molecular flexibility index (Phi) is 3.90. The number of hydrogen-bond acceptors (Lipinski definition) is 1. The molecule has 5 rings (SSSR count). The number of allylic oxidation sites excluding steroid dienone is 3. The molecular formula is C26H27N2+. The molecule has 0 fully saturated rings. The second-order valence-corrected chi connectivity index (χ2v) is 8.48. The van der Waals surface area contributed by atoms with Crippen LogP contribution in [0.5, 0.6) is 0 Å². The van der Waals surface area contributed by atoms with Gasteiger partial charge in [0.15, 0.2) is 0 Å². The summed E-state index contributed by atoms with van der Waals surface area (Å²) in [7, 11) is 2.16. The Morgan fingerprint density at radius 1 is 0.929 bits per heavy atom. The van der Waals surface area contributed by atoms with E-state index < -0.39 is 0 Å². The average molecular weight is 368 g/mol. The maximum Gasteiger partial charge on any atom is 0.212 e. The third-order valence-corrected chi connectivity index (χ3v) is 6.44. The molecule has 0 aliphatic carbocycles. The van der Waals surface area contributed by atoms with Crippen LogP contribution in [0.25, 0.3) is 17.0 Å². The minimum atomic E-state index is 0.0578. The van der Waals surface area contributed by atoms with Crippen molar-refractivity contribution in [3.05, 3.63) is 89.3 Å². The number of nitrogens with zero attached hydrogens (tertiary/aromatic N) is 2. The van der Waals surface area contributed by atoms with Crippen molar-refractivity contribution in [2.45, 2.75) is 32.1 Å². The van der Waals surface area contributed by atoms with E-state index in [0.29, 0.717) is 0 Å². The monoisotopic (exact) mass is 367 g/mol. The first-order valence-corrected chi connectivity index (χ1v) is 10.2. The van der Waals surface area contributed by atoms with Gasteiger partial charge >= 0.3 is 0 Å². The van der Waals surface area contributed by atoms with Gasteiger partial charge in [0.25, 0.3) is 0 Å². The molecule has 0 bridgehead atoms. The molecule has 0 amide bonds. The zero-order chi connectivity index (χ0) is 19.3. The molecular weight excluding hydrogens is 340 g/mol. The van der Waals surface area contributed by atoms with Crippen LogP contribution in [0.4, 0.5) is 5.69 Å².